The summed E-state index contributed by atoms with van der Waals surface area (Å²) in [6.45, 7) is 2.53. The third-order valence-electron chi connectivity index (χ3n) is 2.51. The first kappa shape index (κ1) is 9.86. The monoisotopic (exact) mass is 202 g/mol. The summed E-state index contributed by atoms with van der Waals surface area (Å²) in [6.07, 6.45) is 7.31. The van der Waals surface area contributed by atoms with Gasteiger partial charge in [-0.25, -0.2) is 4.98 Å². The van der Waals surface area contributed by atoms with Gasteiger partial charge in [0.15, 0.2) is 0 Å². The minimum absolute atomic E-state index is 0.149. The van der Waals surface area contributed by atoms with Crippen molar-refractivity contribution >= 4 is 0 Å². The molecule has 0 aromatic carbocycles. The van der Waals surface area contributed by atoms with Crippen molar-refractivity contribution in [3.63, 3.8) is 0 Å². The quantitative estimate of drug-likeness (QED) is 0.811. The summed E-state index contributed by atoms with van der Waals surface area (Å²) in [6, 6.07) is 4.11. The van der Waals surface area contributed by atoms with Crippen LogP contribution in [0, 0.1) is 6.92 Å². The van der Waals surface area contributed by atoms with Crippen LogP contribution in [0.5, 0.6) is 0 Å². The van der Waals surface area contributed by atoms with Gasteiger partial charge in [-0.3, -0.25) is 4.98 Å². The highest BCUT2D eigenvalue weighted by molar-refractivity contribution is 5.18. The Morgan fingerprint density at radius 2 is 2.07 bits per heavy atom. The molecule has 0 aliphatic heterocycles. The number of nitrogens with two attached hydrogens (primary N) is 1. The van der Waals surface area contributed by atoms with Gasteiger partial charge in [-0.2, -0.15) is 0 Å². The molecule has 4 heteroatoms. The van der Waals surface area contributed by atoms with Gasteiger partial charge in [-0.15, -0.1) is 0 Å². The Morgan fingerprint density at radius 3 is 2.60 bits per heavy atom. The molecule has 0 amide bonds. The molecule has 15 heavy (non-hydrogen) atoms. The van der Waals surface area contributed by atoms with Gasteiger partial charge < -0.3 is 10.3 Å². The van der Waals surface area contributed by atoms with E-state index in [0.717, 1.165) is 11.4 Å². The standard InChI is InChI=1S/C11H14N4/c1-9-14-6-7-15(9)11(8-12)10-2-4-13-5-3-10/h2-7,11H,8,12H2,1H3. The second kappa shape index (κ2) is 4.23. The van der Waals surface area contributed by atoms with Crippen molar-refractivity contribution in [2.24, 2.45) is 5.73 Å². The molecule has 0 saturated heterocycles. The van der Waals surface area contributed by atoms with Crippen LogP contribution >= 0.6 is 0 Å². The average Bonchev–Trinajstić information content (AvgIpc) is 2.68. The lowest BCUT2D eigenvalue weighted by atomic mass is 10.1. The van der Waals surface area contributed by atoms with Crippen molar-refractivity contribution in [3.8, 4) is 0 Å². The van der Waals surface area contributed by atoms with Gasteiger partial charge >= 0.3 is 0 Å². The predicted molar refractivity (Wildman–Crippen MR) is 58.4 cm³/mol. The Balaban J connectivity index is 2.37. The SMILES string of the molecule is Cc1nccn1C(CN)c1ccncc1. The van der Waals surface area contributed by atoms with E-state index in [4.69, 9.17) is 5.73 Å². The predicted octanol–water partition coefficient (Wildman–Crippen LogP) is 1.13. The van der Waals surface area contributed by atoms with Crippen molar-refractivity contribution in [1.82, 2.24) is 14.5 Å². The van der Waals surface area contributed by atoms with E-state index >= 15 is 0 Å². The van der Waals surface area contributed by atoms with Crippen molar-refractivity contribution < 1.29 is 0 Å². The number of aromatic nitrogens is 3. The molecule has 4 nitrogen and oxygen atoms in total. The third kappa shape index (κ3) is 1.89. The topological polar surface area (TPSA) is 56.7 Å². The first-order valence-electron chi connectivity index (χ1n) is 4.92. The molecule has 0 saturated carbocycles. The van der Waals surface area contributed by atoms with Crippen LogP contribution in [0.2, 0.25) is 0 Å². The third-order valence-corrected chi connectivity index (χ3v) is 2.51. The number of pyridine rings is 1. The lowest BCUT2D eigenvalue weighted by Gasteiger charge is -2.18. The van der Waals surface area contributed by atoms with E-state index in [1.54, 1.807) is 18.6 Å². The van der Waals surface area contributed by atoms with Crippen LogP contribution in [0.1, 0.15) is 17.4 Å². The molecule has 0 aliphatic rings. The number of hydrogen-bond acceptors (Lipinski definition) is 3. The van der Waals surface area contributed by atoms with Crippen molar-refractivity contribution in [2.45, 2.75) is 13.0 Å². The smallest absolute Gasteiger partial charge is 0.106 e. The molecule has 2 N–H and O–H groups in total. The van der Waals surface area contributed by atoms with E-state index in [1.807, 2.05) is 25.3 Å². The maximum Gasteiger partial charge on any atom is 0.106 e. The fourth-order valence-corrected chi connectivity index (χ4v) is 1.71. The Kier molecular flexibility index (Phi) is 2.78. The van der Waals surface area contributed by atoms with E-state index in [2.05, 4.69) is 14.5 Å². The molecule has 0 spiro atoms. The van der Waals surface area contributed by atoms with Crippen LogP contribution in [0.15, 0.2) is 36.9 Å². The second-order valence-corrected chi connectivity index (χ2v) is 3.41. The summed E-state index contributed by atoms with van der Waals surface area (Å²) in [4.78, 5) is 8.20. The van der Waals surface area contributed by atoms with Crippen LogP contribution in [-0.4, -0.2) is 21.1 Å². The summed E-state index contributed by atoms with van der Waals surface area (Å²) >= 11 is 0. The van der Waals surface area contributed by atoms with Gasteiger partial charge in [0.1, 0.15) is 5.82 Å². The molecular formula is C11H14N4. The minimum atomic E-state index is 0.149. The van der Waals surface area contributed by atoms with Crippen LogP contribution in [0.4, 0.5) is 0 Å². The van der Waals surface area contributed by atoms with Gasteiger partial charge in [0.25, 0.3) is 0 Å². The van der Waals surface area contributed by atoms with Gasteiger partial charge in [0.2, 0.25) is 0 Å². The molecule has 1 atom stereocenters. The van der Waals surface area contributed by atoms with E-state index in [9.17, 15) is 0 Å². The highest BCUT2D eigenvalue weighted by Crippen LogP contribution is 2.17. The first-order chi connectivity index (χ1) is 7.33. The molecule has 2 rings (SSSR count). The second-order valence-electron chi connectivity index (χ2n) is 3.41. The average molecular weight is 202 g/mol. The molecular weight excluding hydrogens is 188 g/mol. The van der Waals surface area contributed by atoms with Crippen molar-refractivity contribution in [1.29, 1.82) is 0 Å². The highest BCUT2D eigenvalue weighted by Gasteiger charge is 2.12. The van der Waals surface area contributed by atoms with Crippen LogP contribution in [-0.2, 0) is 0 Å². The van der Waals surface area contributed by atoms with E-state index in [-0.39, 0.29) is 6.04 Å². The highest BCUT2D eigenvalue weighted by atomic mass is 15.1. The minimum Gasteiger partial charge on any atom is -0.328 e. The van der Waals surface area contributed by atoms with Gasteiger partial charge in [0, 0.05) is 31.3 Å². The molecule has 78 valence electrons. The van der Waals surface area contributed by atoms with E-state index < -0.39 is 0 Å². The van der Waals surface area contributed by atoms with Crippen LogP contribution in [0.25, 0.3) is 0 Å². The number of hydrogen-bond donors (Lipinski definition) is 1. The molecule has 2 aromatic heterocycles. The Bertz CT molecular complexity index is 421. The van der Waals surface area contributed by atoms with Crippen molar-refractivity contribution in [2.75, 3.05) is 6.54 Å². The molecule has 0 aliphatic carbocycles. The number of rotatable bonds is 3. The Hall–Kier alpha value is -1.68. The van der Waals surface area contributed by atoms with Gasteiger partial charge in [-0.05, 0) is 24.6 Å². The van der Waals surface area contributed by atoms with E-state index in [1.165, 1.54) is 0 Å². The summed E-state index contributed by atoms with van der Waals surface area (Å²) < 4.78 is 2.08. The van der Waals surface area contributed by atoms with Gasteiger partial charge in [0.05, 0.1) is 6.04 Å². The van der Waals surface area contributed by atoms with Crippen LogP contribution < -0.4 is 5.73 Å². The molecule has 0 fully saturated rings. The molecule has 2 aromatic rings. The number of imidazole rings is 1. The van der Waals surface area contributed by atoms with Crippen molar-refractivity contribution in [3.05, 3.63) is 48.3 Å². The Labute approximate surface area is 88.8 Å². The zero-order valence-electron chi connectivity index (χ0n) is 8.67. The largest absolute Gasteiger partial charge is 0.328 e. The summed E-state index contributed by atoms with van der Waals surface area (Å²) in [5, 5.41) is 0. The lowest BCUT2D eigenvalue weighted by Crippen LogP contribution is -2.20. The van der Waals surface area contributed by atoms with Gasteiger partial charge in [-0.1, -0.05) is 0 Å². The molecule has 2 heterocycles. The number of aryl methyl sites for hydroxylation is 1. The zero-order valence-corrected chi connectivity index (χ0v) is 8.67. The molecule has 0 radical (unpaired) electrons. The zero-order chi connectivity index (χ0) is 10.7. The lowest BCUT2D eigenvalue weighted by molar-refractivity contribution is 0.578. The first-order valence-corrected chi connectivity index (χ1v) is 4.92. The summed E-state index contributed by atoms with van der Waals surface area (Å²) in [5.74, 6) is 0.974. The Morgan fingerprint density at radius 1 is 1.33 bits per heavy atom. The summed E-state index contributed by atoms with van der Waals surface area (Å²) in [5.41, 5.74) is 6.96. The van der Waals surface area contributed by atoms with E-state index in [0.29, 0.717) is 6.54 Å². The molecule has 1 unspecified atom stereocenters. The molecule has 0 bridgehead atoms. The normalized spacial score (nSPS) is 12.7. The maximum atomic E-state index is 5.80. The fourth-order valence-electron chi connectivity index (χ4n) is 1.71. The van der Waals surface area contributed by atoms with Crippen LogP contribution in [0.3, 0.4) is 0 Å². The fraction of sp³-hybridized carbons (Fsp3) is 0.273. The number of nitrogens with zero attached hydrogens (tertiary/aromatic N) is 3. The maximum absolute atomic E-state index is 5.80. The summed E-state index contributed by atoms with van der Waals surface area (Å²) in [7, 11) is 0.